The molecule has 1 aliphatic heterocycles. The third kappa shape index (κ3) is 7.68. The van der Waals surface area contributed by atoms with Crippen molar-refractivity contribution in [3.05, 3.63) is 58.2 Å². The second-order valence-electron chi connectivity index (χ2n) is 9.23. The molecule has 1 aliphatic rings. The van der Waals surface area contributed by atoms with Gasteiger partial charge in [-0.05, 0) is 109 Å². The van der Waals surface area contributed by atoms with E-state index in [9.17, 15) is 5.11 Å². The molecule has 1 aromatic carbocycles. The molecule has 2 N–H and O–H groups in total. The van der Waals surface area contributed by atoms with Crippen molar-refractivity contribution in [1.29, 1.82) is 0 Å². The number of aliphatic hydroxyl groups excluding tert-OH is 1. The number of hydrogen-bond donors (Lipinski definition) is 2. The number of aryl methyl sites for hydroxylation is 2. The average molecular weight is 413 g/mol. The Bertz CT molecular complexity index is 801. The Hall–Kier alpha value is -2.00. The van der Waals surface area contributed by atoms with E-state index in [-0.39, 0.29) is 12.2 Å². The molecule has 0 fully saturated rings. The zero-order valence-corrected chi connectivity index (χ0v) is 19.6. The zero-order chi connectivity index (χ0) is 22.1. The first-order valence-corrected chi connectivity index (χ1v) is 11.3. The number of hydrogen-bond acceptors (Lipinski definition) is 3. The lowest BCUT2D eigenvalue weighted by atomic mass is 9.87. The summed E-state index contributed by atoms with van der Waals surface area (Å²) in [5.74, 6) is 1.30. The molecular weight excluding hydrogens is 372 g/mol. The molecule has 0 amide bonds. The van der Waals surface area contributed by atoms with Crippen LogP contribution >= 0.6 is 0 Å². The molecule has 166 valence electrons. The Labute approximate surface area is 183 Å². The standard InChI is InChI=1S/C27H40O3/c1-20(11-7-12-22(3)19-28)9-6-10-21(2)13-8-15-27(5)16-14-24-18-25(29)17-23(4)26(24)30-27/h9,12-13,17-18,28-29H,6-8,10-11,14-16,19H2,1-5H3/b20-9+,21-13+,22-12+. The van der Waals surface area contributed by atoms with Crippen LogP contribution in [0.5, 0.6) is 11.5 Å². The molecule has 0 aromatic heterocycles. The lowest BCUT2D eigenvalue weighted by Crippen LogP contribution is -2.36. The topological polar surface area (TPSA) is 49.7 Å². The fourth-order valence-corrected chi connectivity index (χ4v) is 4.02. The number of fused-ring (bicyclic) bond motifs is 1. The highest BCUT2D eigenvalue weighted by Crippen LogP contribution is 2.39. The van der Waals surface area contributed by atoms with Gasteiger partial charge in [0.05, 0.1) is 6.61 Å². The van der Waals surface area contributed by atoms with Gasteiger partial charge in [0.25, 0.3) is 0 Å². The molecule has 1 heterocycles. The van der Waals surface area contributed by atoms with E-state index in [0.29, 0.717) is 5.75 Å². The maximum atomic E-state index is 9.80. The van der Waals surface area contributed by atoms with Gasteiger partial charge in [0.15, 0.2) is 0 Å². The van der Waals surface area contributed by atoms with Gasteiger partial charge >= 0.3 is 0 Å². The number of aliphatic hydroxyl groups is 1. The van der Waals surface area contributed by atoms with Crippen LogP contribution in [0.25, 0.3) is 0 Å². The van der Waals surface area contributed by atoms with E-state index in [1.807, 2.05) is 19.9 Å². The summed E-state index contributed by atoms with van der Waals surface area (Å²) in [4.78, 5) is 0. The van der Waals surface area contributed by atoms with Gasteiger partial charge in [-0.2, -0.15) is 0 Å². The van der Waals surface area contributed by atoms with Gasteiger partial charge in [-0.25, -0.2) is 0 Å². The summed E-state index contributed by atoms with van der Waals surface area (Å²) in [6.45, 7) is 10.8. The van der Waals surface area contributed by atoms with Crippen LogP contribution in [-0.2, 0) is 6.42 Å². The molecule has 0 saturated carbocycles. The van der Waals surface area contributed by atoms with E-state index in [1.165, 1.54) is 11.1 Å². The predicted molar refractivity (Wildman–Crippen MR) is 126 cm³/mol. The van der Waals surface area contributed by atoms with Crippen LogP contribution in [0.4, 0.5) is 0 Å². The molecule has 0 spiro atoms. The number of phenols is 1. The zero-order valence-electron chi connectivity index (χ0n) is 19.6. The van der Waals surface area contributed by atoms with Crippen molar-refractivity contribution in [2.75, 3.05) is 6.61 Å². The monoisotopic (exact) mass is 412 g/mol. The Balaban J connectivity index is 1.77. The van der Waals surface area contributed by atoms with Gasteiger partial charge in [-0.15, -0.1) is 0 Å². The number of allylic oxidation sites excluding steroid dienone is 5. The van der Waals surface area contributed by atoms with Crippen LogP contribution in [0.1, 0.15) is 83.8 Å². The van der Waals surface area contributed by atoms with Gasteiger partial charge in [-0.1, -0.05) is 34.9 Å². The average Bonchev–Trinajstić information content (AvgIpc) is 2.68. The fourth-order valence-electron chi connectivity index (χ4n) is 4.02. The van der Waals surface area contributed by atoms with Crippen LogP contribution < -0.4 is 4.74 Å². The Kier molecular flexibility index (Phi) is 9.23. The Morgan fingerprint density at radius 2 is 1.60 bits per heavy atom. The highest BCUT2D eigenvalue weighted by atomic mass is 16.5. The summed E-state index contributed by atoms with van der Waals surface area (Å²) in [5.41, 5.74) is 5.92. The third-order valence-electron chi connectivity index (χ3n) is 6.09. The Morgan fingerprint density at radius 1 is 1.00 bits per heavy atom. The van der Waals surface area contributed by atoms with Crippen molar-refractivity contribution >= 4 is 0 Å². The molecule has 30 heavy (non-hydrogen) atoms. The van der Waals surface area contributed by atoms with Crippen molar-refractivity contribution < 1.29 is 14.9 Å². The highest BCUT2D eigenvalue weighted by molar-refractivity contribution is 5.47. The van der Waals surface area contributed by atoms with Crippen LogP contribution in [-0.4, -0.2) is 22.4 Å². The van der Waals surface area contributed by atoms with E-state index in [2.05, 4.69) is 39.0 Å². The molecule has 1 aromatic rings. The van der Waals surface area contributed by atoms with E-state index in [4.69, 9.17) is 9.84 Å². The van der Waals surface area contributed by atoms with Crippen LogP contribution in [0, 0.1) is 6.92 Å². The summed E-state index contributed by atoms with van der Waals surface area (Å²) in [6, 6.07) is 3.62. The fraction of sp³-hybridized carbons (Fsp3) is 0.556. The quantitative estimate of drug-likeness (QED) is 0.409. The minimum absolute atomic E-state index is 0.137. The lowest BCUT2D eigenvalue weighted by Gasteiger charge is -2.36. The number of aromatic hydroxyl groups is 1. The molecule has 3 nitrogen and oxygen atoms in total. The third-order valence-corrected chi connectivity index (χ3v) is 6.09. The normalized spacial score (nSPS) is 20.1. The van der Waals surface area contributed by atoms with Crippen molar-refractivity contribution in [2.24, 2.45) is 0 Å². The van der Waals surface area contributed by atoms with Gasteiger partial charge in [0.1, 0.15) is 17.1 Å². The second kappa shape index (κ2) is 11.4. The predicted octanol–water partition coefficient (Wildman–Crippen LogP) is 6.96. The molecule has 0 saturated heterocycles. The first kappa shape index (κ1) is 24.3. The first-order valence-electron chi connectivity index (χ1n) is 11.3. The first-order chi connectivity index (χ1) is 14.2. The minimum atomic E-state index is -0.137. The summed E-state index contributed by atoms with van der Waals surface area (Å²) < 4.78 is 6.39. The van der Waals surface area contributed by atoms with Crippen molar-refractivity contribution in [3.8, 4) is 11.5 Å². The van der Waals surface area contributed by atoms with Gasteiger partial charge < -0.3 is 14.9 Å². The maximum absolute atomic E-state index is 9.80. The minimum Gasteiger partial charge on any atom is -0.508 e. The summed E-state index contributed by atoms with van der Waals surface area (Å²) in [6.07, 6.45) is 15.1. The molecule has 2 rings (SSSR count). The number of rotatable bonds is 10. The smallest absolute Gasteiger partial charge is 0.126 e. The molecule has 1 unspecified atom stereocenters. The molecule has 1 atom stereocenters. The molecule has 0 aliphatic carbocycles. The maximum Gasteiger partial charge on any atom is 0.126 e. The molecular formula is C27H40O3. The molecule has 0 bridgehead atoms. The van der Waals surface area contributed by atoms with Crippen LogP contribution in [0.2, 0.25) is 0 Å². The van der Waals surface area contributed by atoms with Gasteiger partial charge in [0, 0.05) is 0 Å². The van der Waals surface area contributed by atoms with Gasteiger partial charge in [-0.3, -0.25) is 0 Å². The number of benzene rings is 1. The number of phenolic OH excluding ortho intramolecular Hbond substituents is 1. The highest BCUT2D eigenvalue weighted by Gasteiger charge is 2.31. The van der Waals surface area contributed by atoms with E-state index in [0.717, 1.165) is 73.8 Å². The van der Waals surface area contributed by atoms with E-state index in [1.54, 1.807) is 6.07 Å². The van der Waals surface area contributed by atoms with Crippen LogP contribution in [0.15, 0.2) is 47.1 Å². The van der Waals surface area contributed by atoms with Crippen LogP contribution in [0.3, 0.4) is 0 Å². The van der Waals surface area contributed by atoms with Gasteiger partial charge in [0.2, 0.25) is 0 Å². The van der Waals surface area contributed by atoms with Crippen molar-refractivity contribution in [3.63, 3.8) is 0 Å². The summed E-state index contributed by atoms with van der Waals surface area (Å²) in [5, 5.41) is 18.8. The molecule has 3 heteroatoms. The largest absolute Gasteiger partial charge is 0.508 e. The summed E-state index contributed by atoms with van der Waals surface area (Å²) >= 11 is 0. The summed E-state index contributed by atoms with van der Waals surface area (Å²) in [7, 11) is 0. The Morgan fingerprint density at radius 3 is 2.23 bits per heavy atom. The van der Waals surface area contributed by atoms with Crippen molar-refractivity contribution in [1.82, 2.24) is 0 Å². The SMILES string of the molecule is C/C(=C\CC/C(C)=C/CC/C(C)=C/CCC1(C)CCc2cc(O)cc(C)c2O1)CO. The lowest BCUT2D eigenvalue weighted by molar-refractivity contribution is 0.0561. The van der Waals surface area contributed by atoms with Crippen molar-refractivity contribution in [2.45, 2.75) is 91.6 Å². The van der Waals surface area contributed by atoms with E-state index >= 15 is 0 Å². The van der Waals surface area contributed by atoms with E-state index < -0.39 is 0 Å². The molecule has 0 radical (unpaired) electrons. The number of ether oxygens (including phenoxy) is 1. The second-order valence-corrected chi connectivity index (χ2v) is 9.23.